The lowest BCUT2D eigenvalue weighted by Crippen LogP contribution is -2.42. The number of thiazole rings is 1. The molecule has 36 heavy (non-hydrogen) atoms. The van der Waals surface area contributed by atoms with Crippen LogP contribution in [-0.2, 0) is 14.4 Å². The number of nitrogens with one attached hydrogen (secondary N) is 1. The fourth-order valence-corrected chi connectivity index (χ4v) is 10.1. The molecule has 2 N–H and O–H groups in total. The number of likely N-dealkylation sites (tertiary alicyclic amines) is 1. The van der Waals surface area contributed by atoms with Crippen molar-refractivity contribution in [2.24, 2.45) is 29.6 Å². The van der Waals surface area contributed by atoms with E-state index < -0.39 is 24.3 Å². The predicted octanol–water partition coefficient (Wildman–Crippen LogP) is 3.66. The number of carboxylic acids is 1. The first-order valence-electron chi connectivity index (χ1n) is 12.0. The normalized spacial score (nSPS) is 31.9. The maximum Gasteiger partial charge on any atom is 0.323 e. The molecule has 7 unspecified atom stereocenters. The van der Waals surface area contributed by atoms with Crippen molar-refractivity contribution in [3.63, 3.8) is 0 Å². The van der Waals surface area contributed by atoms with Crippen LogP contribution in [0.15, 0.2) is 64.4 Å². The second kappa shape index (κ2) is 7.91. The highest BCUT2D eigenvalue weighted by molar-refractivity contribution is 8.00. The molecule has 3 aromatic rings. The quantitative estimate of drug-likeness (QED) is 0.511. The molecule has 2 amide bonds. The minimum absolute atomic E-state index is 0.00658. The predicted molar refractivity (Wildman–Crippen MR) is 135 cm³/mol. The smallest absolute Gasteiger partial charge is 0.323 e. The number of aromatic nitrogens is 1. The summed E-state index contributed by atoms with van der Waals surface area (Å²) in [5, 5.41) is 10.2. The third-order valence-electron chi connectivity index (χ3n) is 8.49. The van der Waals surface area contributed by atoms with Crippen LogP contribution in [0, 0.1) is 29.6 Å². The van der Waals surface area contributed by atoms with Crippen molar-refractivity contribution < 1.29 is 19.5 Å². The molecule has 2 saturated carbocycles. The lowest BCUT2D eigenvalue weighted by molar-refractivity contribution is -0.149. The lowest BCUT2D eigenvalue weighted by atomic mass is 9.68. The van der Waals surface area contributed by atoms with E-state index in [-0.39, 0.29) is 45.6 Å². The third-order valence-corrected chi connectivity index (χ3v) is 11.1. The van der Waals surface area contributed by atoms with E-state index in [2.05, 4.69) is 41.4 Å². The fraction of sp³-hybridized carbons (Fsp3) is 0.333. The molecule has 0 radical (unpaired) electrons. The van der Waals surface area contributed by atoms with Crippen LogP contribution in [-0.4, -0.2) is 44.6 Å². The van der Waals surface area contributed by atoms with Crippen LogP contribution in [0.3, 0.4) is 0 Å². The van der Waals surface area contributed by atoms with Gasteiger partial charge in [0.25, 0.3) is 0 Å². The van der Waals surface area contributed by atoms with Crippen molar-refractivity contribution >= 4 is 40.9 Å². The Balaban J connectivity index is 1.29. The van der Waals surface area contributed by atoms with Crippen molar-refractivity contribution in [3.8, 4) is 11.1 Å². The zero-order valence-corrected chi connectivity index (χ0v) is 20.6. The van der Waals surface area contributed by atoms with E-state index in [4.69, 9.17) is 0 Å². The molecular weight excluding hydrogens is 496 g/mol. The Morgan fingerprint density at radius 2 is 1.61 bits per heavy atom. The van der Waals surface area contributed by atoms with E-state index >= 15 is 0 Å². The Hall–Kier alpha value is -3.17. The van der Waals surface area contributed by atoms with Gasteiger partial charge in [-0.25, -0.2) is 0 Å². The van der Waals surface area contributed by atoms with Crippen molar-refractivity contribution in [1.29, 1.82) is 0 Å². The highest BCUT2D eigenvalue weighted by Gasteiger charge is 2.69. The Morgan fingerprint density at radius 3 is 2.31 bits per heavy atom. The van der Waals surface area contributed by atoms with E-state index in [0.29, 0.717) is 0 Å². The Morgan fingerprint density at radius 1 is 0.944 bits per heavy atom. The fourth-order valence-electron chi connectivity index (χ4n) is 7.26. The van der Waals surface area contributed by atoms with Gasteiger partial charge in [0.2, 0.25) is 11.8 Å². The highest BCUT2D eigenvalue weighted by atomic mass is 32.2. The maximum atomic E-state index is 13.3. The van der Waals surface area contributed by atoms with Gasteiger partial charge >= 0.3 is 10.8 Å². The maximum absolute atomic E-state index is 13.3. The number of aliphatic carboxylic acids is 1. The summed E-state index contributed by atoms with van der Waals surface area (Å²) in [6, 6.07) is 18.6. The van der Waals surface area contributed by atoms with Gasteiger partial charge in [0.1, 0.15) is 6.54 Å². The molecule has 7 rings (SSSR count). The Labute approximate surface area is 214 Å². The highest BCUT2D eigenvalue weighted by Crippen LogP contribution is 2.68. The van der Waals surface area contributed by atoms with E-state index in [1.807, 2.05) is 18.2 Å². The summed E-state index contributed by atoms with van der Waals surface area (Å²) < 4.78 is 0. The molecule has 0 spiro atoms. The van der Waals surface area contributed by atoms with Gasteiger partial charge in [-0.1, -0.05) is 65.9 Å². The second-order valence-electron chi connectivity index (χ2n) is 10.1. The summed E-state index contributed by atoms with van der Waals surface area (Å²) in [6.07, 6.45) is 0.786. The first-order valence-corrected chi connectivity index (χ1v) is 13.7. The second-order valence-corrected chi connectivity index (χ2v) is 12.3. The number of nitrogens with zero attached hydrogens (tertiary/aromatic N) is 1. The number of carbonyl (C=O) groups excluding carboxylic acids is 2. The molecule has 3 heterocycles. The zero-order valence-electron chi connectivity index (χ0n) is 19.0. The van der Waals surface area contributed by atoms with Crippen LogP contribution >= 0.6 is 23.1 Å². The molecule has 2 aliphatic heterocycles. The molecule has 7 atom stereocenters. The summed E-state index contributed by atoms with van der Waals surface area (Å²) in [7, 11) is 0. The van der Waals surface area contributed by atoms with Crippen LogP contribution < -0.4 is 4.87 Å². The van der Waals surface area contributed by atoms with Crippen molar-refractivity contribution in [2.75, 3.05) is 6.54 Å². The monoisotopic (exact) mass is 518 g/mol. The summed E-state index contributed by atoms with van der Waals surface area (Å²) in [4.78, 5) is 55.0. The number of hydrogen-bond acceptors (Lipinski definition) is 6. The molecule has 4 aliphatic rings. The van der Waals surface area contributed by atoms with Crippen LogP contribution in [0.5, 0.6) is 0 Å². The molecule has 9 heteroatoms. The number of thioether (sulfide) groups is 1. The van der Waals surface area contributed by atoms with Crippen LogP contribution in [0.2, 0.25) is 0 Å². The SMILES string of the molecule is O=C(O)CN1C(=O)C2C3CC(C2C1=O)C1C(c2ccc(-c4ccccc4)cc2)c2sc(=O)[nH]c2SC31. The standard InChI is InChI=1S/C27H22N2O5S2/c30-17(31)11-29-25(32)20-15-10-16(21(20)26(29)33)22-19(15)18(23-24(35-22)28-27(34)36-23)14-8-6-13(7-9-14)12-4-2-1-3-5-12/h1-9,15-16,18-22H,10-11H2,(H,28,34)(H,30,31). The third kappa shape index (κ3) is 3.05. The minimum Gasteiger partial charge on any atom is -0.480 e. The number of carboxylic acid groups (broad SMARTS) is 1. The van der Waals surface area contributed by atoms with Gasteiger partial charge in [-0.15, -0.1) is 11.8 Å². The van der Waals surface area contributed by atoms with Crippen LogP contribution in [0.25, 0.3) is 11.1 Å². The number of hydrogen-bond donors (Lipinski definition) is 2. The number of carbonyl (C=O) groups is 3. The molecule has 1 saturated heterocycles. The summed E-state index contributed by atoms with van der Waals surface area (Å²) in [5.74, 6) is -2.74. The van der Waals surface area contributed by atoms with Gasteiger partial charge in [0.05, 0.1) is 16.9 Å². The molecule has 2 aliphatic carbocycles. The van der Waals surface area contributed by atoms with Crippen LogP contribution in [0.1, 0.15) is 22.8 Å². The number of amides is 2. The number of aromatic amines is 1. The molecule has 3 fully saturated rings. The van der Waals surface area contributed by atoms with Gasteiger partial charge < -0.3 is 10.1 Å². The Kier molecular flexibility index (Phi) is 4.85. The van der Waals surface area contributed by atoms with Crippen LogP contribution in [0.4, 0.5) is 0 Å². The Bertz CT molecular complexity index is 1460. The number of rotatable bonds is 4. The van der Waals surface area contributed by atoms with Crippen molar-refractivity contribution in [2.45, 2.75) is 22.6 Å². The molecule has 1 aromatic heterocycles. The molecule has 7 nitrogen and oxygen atoms in total. The number of H-pyrrole nitrogens is 1. The van der Waals surface area contributed by atoms with Crippen molar-refractivity contribution in [3.05, 3.63) is 74.7 Å². The van der Waals surface area contributed by atoms with E-state index in [0.717, 1.165) is 37.9 Å². The topological polar surface area (TPSA) is 108 Å². The summed E-state index contributed by atoms with van der Waals surface area (Å²) in [6.45, 7) is -0.572. The number of imide groups is 1. The first-order chi connectivity index (χ1) is 17.4. The number of benzene rings is 2. The van der Waals surface area contributed by atoms with Gasteiger partial charge in [-0.05, 0) is 40.9 Å². The van der Waals surface area contributed by atoms with Crippen molar-refractivity contribution in [1.82, 2.24) is 9.88 Å². The summed E-state index contributed by atoms with van der Waals surface area (Å²) in [5.41, 5.74) is 3.34. The number of fused-ring (bicyclic) bond motifs is 9. The van der Waals surface area contributed by atoms with E-state index in [1.54, 1.807) is 11.8 Å². The average molecular weight is 519 g/mol. The molecule has 182 valence electrons. The van der Waals surface area contributed by atoms with Gasteiger partial charge in [-0.3, -0.25) is 24.1 Å². The average Bonchev–Trinajstić information content (AvgIpc) is 3.60. The largest absolute Gasteiger partial charge is 0.480 e. The van der Waals surface area contributed by atoms with E-state index in [1.165, 1.54) is 11.3 Å². The van der Waals surface area contributed by atoms with Gasteiger partial charge in [0, 0.05) is 16.0 Å². The lowest BCUT2D eigenvalue weighted by Gasteiger charge is -2.43. The summed E-state index contributed by atoms with van der Waals surface area (Å²) >= 11 is 2.87. The van der Waals surface area contributed by atoms with Gasteiger partial charge in [-0.2, -0.15) is 0 Å². The minimum atomic E-state index is -1.17. The van der Waals surface area contributed by atoms with E-state index in [9.17, 15) is 24.3 Å². The zero-order chi connectivity index (χ0) is 24.7. The first kappa shape index (κ1) is 22.1. The molecular formula is C27H22N2O5S2. The molecule has 2 bridgehead atoms. The molecule has 2 aromatic carbocycles. The van der Waals surface area contributed by atoms with Gasteiger partial charge in [0.15, 0.2) is 0 Å².